The maximum absolute atomic E-state index is 5.48. The summed E-state index contributed by atoms with van der Waals surface area (Å²) in [4.78, 5) is 6.59. The van der Waals surface area contributed by atoms with Crippen LogP contribution in [0.25, 0.3) is 0 Å². The summed E-state index contributed by atoms with van der Waals surface area (Å²) < 4.78 is 5.25. The Balaban J connectivity index is 2.25. The number of guanidine groups is 1. The number of ether oxygens (including phenoxy) is 1. The van der Waals surface area contributed by atoms with E-state index in [0.717, 1.165) is 32.1 Å². The highest BCUT2D eigenvalue weighted by atomic mass is 16.5. The smallest absolute Gasteiger partial charge is 0.208 e. The molecule has 0 aromatic rings. The first kappa shape index (κ1) is 13.3. The van der Waals surface area contributed by atoms with E-state index in [1.54, 1.807) is 0 Å². The zero-order valence-corrected chi connectivity index (χ0v) is 10.4. The van der Waals surface area contributed by atoms with Gasteiger partial charge >= 0.3 is 0 Å². The van der Waals surface area contributed by atoms with Gasteiger partial charge in [-0.25, -0.2) is 5.84 Å². The normalized spacial score (nSPS) is 17.1. The maximum atomic E-state index is 5.48. The number of nitrogens with zero attached hydrogens (tertiary/aromatic N) is 2. The Morgan fingerprint density at radius 2 is 2.31 bits per heavy atom. The molecule has 1 fully saturated rings. The van der Waals surface area contributed by atoms with Crippen molar-refractivity contribution in [1.29, 1.82) is 0 Å². The van der Waals surface area contributed by atoms with Gasteiger partial charge in [-0.3, -0.25) is 10.4 Å². The number of rotatable bonds is 6. The van der Waals surface area contributed by atoms with Gasteiger partial charge in [-0.05, 0) is 32.6 Å². The summed E-state index contributed by atoms with van der Waals surface area (Å²) in [6.45, 7) is 4.30. The second kappa shape index (κ2) is 7.46. The molecular weight excluding hydrogens is 204 g/mol. The molecule has 0 aliphatic heterocycles. The Morgan fingerprint density at radius 3 is 2.81 bits per heavy atom. The zero-order chi connectivity index (χ0) is 11.8. The van der Waals surface area contributed by atoms with Crippen LogP contribution in [0.5, 0.6) is 0 Å². The van der Waals surface area contributed by atoms with Crippen molar-refractivity contribution < 1.29 is 4.74 Å². The number of hydrogen-bond acceptors (Lipinski definition) is 3. The fraction of sp³-hybridized carbons (Fsp3) is 0.909. The molecule has 0 radical (unpaired) electrons. The summed E-state index contributed by atoms with van der Waals surface area (Å²) in [7, 11) is 2.05. The van der Waals surface area contributed by atoms with Crippen molar-refractivity contribution >= 4 is 5.96 Å². The van der Waals surface area contributed by atoms with Crippen LogP contribution in [0.4, 0.5) is 0 Å². The third-order valence-electron chi connectivity index (χ3n) is 3.00. The highest BCUT2D eigenvalue weighted by molar-refractivity contribution is 5.79. The van der Waals surface area contributed by atoms with E-state index in [1.165, 1.54) is 19.3 Å². The second-order valence-electron chi connectivity index (χ2n) is 4.10. The molecule has 1 aliphatic carbocycles. The quantitative estimate of drug-likeness (QED) is 0.231. The summed E-state index contributed by atoms with van der Waals surface area (Å²) in [5, 5.41) is 0. The number of hydrogen-bond donors (Lipinski definition) is 2. The van der Waals surface area contributed by atoms with Gasteiger partial charge in [0.1, 0.15) is 0 Å². The molecule has 0 bridgehead atoms. The first-order valence-corrected chi connectivity index (χ1v) is 6.11. The van der Waals surface area contributed by atoms with Crippen LogP contribution in [0.2, 0.25) is 0 Å². The predicted molar refractivity (Wildman–Crippen MR) is 66.1 cm³/mol. The standard InChI is InChI=1S/C11H24N4O/c1-3-16-9-5-8-13-11(14-12)15(2)10-6-4-7-10/h10H,3-9,12H2,1-2H3,(H,13,14). The summed E-state index contributed by atoms with van der Waals surface area (Å²) in [5.74, 6) is 6.27. The van der Waals surface area contributed by atoms with E-state index in [4.69, 9.17) is 10.6 Å². The summed E-state index contributed by atoms with van der Waals surface area (Å²) in [5.41, 5.74) is 2.68. The Hall–Kier alpha value is -0.810. The molecular formula is C11H24N4O. The van der Waals surface area contributed by atoms with E-state index in [9.17, 15) is 0 Å². The second-order valence-corrected chi connectivity index (χ2v) is 4.10. The summed E-state index contributed by atoms with van der Waals surface area (Å²) in [6, 6.07) is 0.613. The number of nitrogens with one attached hydrogen (secondary N) is 1. The van der Waals surface area contributed by atoms with Crippen molar-refractivity contribution in [2.24, 2.45) is 10.8 Å². The minimum atomic E-state index is 0.613. The Morgan fingerprint density at radius 1 is 1.56 bits per heavy atom. The monoisotopic (exact) mass is 228 g/mol. The van der Waals surface area contributed by atoms with E-state index < -0.39 is 0 Å². The first-order chi connectivity index (χ1) is 7.79. The lowest BCUT2D eigenvalue weighted by Gasteiger charge is -2.36. The van der Waals surface area contributed by atoms with Gasteiger partial charge in [-0.15, -0.1) is 0 Å². The number of nitrogens with two attached hydrogens (primary N) is 1. The van der Waals surface area contributed by atoms with Gasteiger partial charge in [0, 0.05) is 32.8 Å². The third kappa shape index (κ3) is 3.98. The van der Waals surface area contributed by atoms with Crippen molar-refractivity contribution in [2.45, 2.75) is 38.6 Å². The summed E-state index contributed by atoms with van der Waals surface area (Å²) in [6.07, 6.45) is 4.75. The average Bonchev–Trinajstić information content (AvgIpc) is 2.20. The Kier molecular flexibility index (Phi) is 6.18. The van der Waals surface area contributed by atoms with Crippen LogP contribution in [-0.2, 0) is 4.74 Å². The Labute approximate surface area is 98.0 Å². The average molecular weight is 228 g/mol. The molecule has 0 aromatic carbocycles. The van der Waals surface area contributed by atoms with Gasteiger partial charge in [0.25, 0.3) is 0 Å². The minimum Gasteiger partial charge on any atom is -0.382 e. The van der Waals surface area contributed by atoms with E-state index in [0.29, 0.717) is 6.04 Å². The molecule has 0 saturated heterocycles. The lowest BCUT2D eigenvalue weighted by atomic mass is 9.92. The van der Waals surface area contributed by atoms with Crippen molar-refractivity contribution in [1.82, 2.24) is 10.3 Å². The van der Waals surface area contributed by atoms with Crippen molar-refractivity contribution in [3.63, 3.8) is 0 Å². The van der Waals surface area contributed by atoms with Gasteiger partial charge in [0.05, 0.1) is 0 Å². The number of hydrazine groups is 1. The fourth-order valence-corrected chi connectivity index (χ4v) is 1.70. The highest BCUT2D eigenvalue weighted by Crippen LogP contribution is 2.23. The predicted octanol–water partition coefficient (Wildman–Crippen LogP) is 0.717. The van der Waals surface area contributed by atoms with Gasteiger partial charge in [0.2, 0.25) is 5.96 Å². The first-order valence-electron chi connectivity index (χ1n) is 6.11. The van der Waals surface area contributed by atoms with Crippen LogP contribution in [-0.4, -0.2) is 43.7 Å². The maximum Gasteiger partial charge on any atom is 0.208 e. The van der Waals surface area contributed by atoms with E-state index in [1.807, 2.05) is 14.0 Å². The van der Waals surface area contributed by atoms with Crippen molar-refractivity contribution in [2.75, 3.05) is 26.8 Å². The molecule has 94 valence electrons. The molecule has 16 heavy (non-hydrogen) atoms. The lowest BCUT2D eigenvalue weighted by Crippen LogP contribution is -2.49. The van der Waals surface area contributed by atoms with Gasteiger partial charge < -0.3 is 9.64 Å². The molecule has 0 aromatic heterocycles. The SMILES string of the molecule is CCOCCCN=C(NN)N(C)C1CCC1. The molecule has 0 atom stereocenters. The molecule has 5 nitrogen and oxygen atoms in total. The van der Waals surface area contributed by atoms with E-state index >= 15 is 0 Å². The molecule has 0 amide bonds. The molecule has 0 spiro atoms. The molecule has 0 unspecified atom stereocenters. The van der Waals surface area contributed by atoms with Crippen molar-refractivity contribution in [3.05, 3.63) is 0 Å². The molecule has 1 saturated carbocycles. The largest absolute Gasteiger partial charge is 0.382 e. The molecule has 1 aliphatic rings. The molecule has 1 rings (SSSR count). The molecule has 3 N–H and O–H groups in total. The topological polar surface area (TPSA) is 62.9 Å². The zero-order valence-electron chi connectivity index (χ0n) is 10.4. The Bertz CT molecular complexity index is 216. The fourth-order valence-electron chi connectivity index (χ4n) is 1.70. The molecule has 5 heteroatoms. The van der Waals surface area contributed by atoms with Gasteiger partial charge in [-0.1, -0.05) is 0 Å². The van der Waals surface area contributed by atoms with Crippen LogP contribution < -0.4 is 11.3 Å². The van der Waals surface area contributed by atoms with Crippen LogP contribution in [0.1, 0.15) is 32.6 Å². The molecule has 0 heterocycles. The highest BCUT2D eigenvalue weighted by Gasteiger charge is 2.23. The van der Waals surface area contributed by atoms with Crippen LogP contribution >= 0.6 is 0 Å². The number of aliphatic imine (C=N–C) groups is 1. The van der Waals surface area contributed by atoms with Crippen molar-refractivity contribution in [3.8, 4) is 0 Å². The third-order valence-corrected chi connectivity index (χ3v) is 3.00. The van der Waals surface area contributed by atoms with E-state index in [2.05, 4.69) is 15.3 Å². The van der Waals surface area contributed by atoms with Gasteiger partial charge in [0.15, 0.2) is 0 Å². The lowest BCUT2D eigenvalue weighted by molar-refractivity contribution is 0.146. The minimum absolute atomic E-state index is 0.613. The van der Waals surface area contributed by atoms with Gasteiger partial charge in [-0.2, -0.15) is 0 Å². The van der Waals surface area contributed by atoms with Crippen LogP contribution in [0.15, 0.2) is 4.99 Å². The van der Waals surface area contributed by atoms with Crippen LogP contribution in [0, 0.1) is 0 Å². The van der Waals surface area contributed by atoms with Crippen LogP contribution in [0.3, 0.4) is 0 Å². The summed E-state index contributed by atoms with van der Waals surface area (Å²) >= 11 is 0. The van der Waals surface area contributed by atoms with E-state index in [-0.39, 0.29) is 0 Å².